The van der Waals surface area contributed by atoms with E-state index in [0.29, 0.717) is 0 Å². The van der Waals surface area contributed by atoms with E-state index in [0.717, 1.165) is 7.05 Å². The van der Waals surface area contributed by atoms with Crippen molar-refractivity contribution >= 4 is 17.0 Å². The summed E-state index contributed by atoms with van der Waals surface area (Å²) in [4.78, 5) is 9.92. The molecule has 0 spiro atoms. The van der Waals surface area contributed by atoms with E-state index in [-0.39, 0.29) is 4.90 Å². The summed E-state index contributed by atoms with van der Waals surface area (Å²) in [5.41, 5.74) is 0. The highest BCUT2D eigenvalue weighted by Gasteiger charge is 2.13. The molecule has 0 aliphatic carbocycles. The van der Waals surface area contributed by atoms with Gasteiger partial charge in [0.2, 0.25) is 0 Å². The summed E-state index contributed by atoms with van der Waals surface area (Å²) in [5, 5.41) is -1.15. The largest absolute Gasteiger partial charge is 0.320 e. The molecule has 0 rings (SSSR count). The predicted molar refractivity (Wildman–Crippen MR) is 25.0 cm³/mol. The number of carbonyl (C=O) groups is 1. The highest BCUT2D eigenvalue weighted by molar-refractivity contribution is 6.62. The number of nitrogens with zero attached hydrogens (tertiary/aromatic N) is 1. The van der Waals surface area contributed by atoms with Crippen LogP contribution in [0.3, 0.4) is 0 Å². The molecule has 0 saturated heterocycles. The van der Waals surface area contributed by atoms with Crippen LogP contribution in [0.5, 0.6) is 0 Å². The fourth-order valence-corrected chi connectivity index (χ4v) is 0.150. The van der Waals surface area contributed by atoms with Crippen LogP contribution in [-0.4, -0.2) is 23.9 Å². The fraction of sp³-hybridized carbons (Fsp3) is 0.667. The van der Waals surface area contributed by atoms with E-state index in [9.17, 15) is 13.6 Å². The highest BCUT2D eigenvalue weighted by atomic mass is 35.5. The Hall–Kier alpha value is -0.380. The van der Waals surface area contributed by atoms with Crippen LogP contribution in [0, 0.1) is 0 Å². The lowest BCUT2D eigenvalue weighted by atomic mass is 10.9. The van der Waals surface area contributed by atoms with Gasteiger partial charge in [0, 0.05) is 7.05 Å². The van der Waals surface area contributed by atoms with E-state index >= 15 is 0 Å². The molecule has 0 atom stereocenters. The van der Waals surface area contributed by atoms with E-state index in [1.165, 1.54) is 0 Å². The molecule has 0 fully saturated rings. The maximum Gasteiger partial charge on any atom is 0.320 e. The Morgan fingerprint density at radius 3 is 2.12 bits per heavy atom. The lowest BCUT2D eigenvalue weighted by Gasteiger charge is -2.09. The topological polar surface area (TPSA) is 20.3 Å². The molecule has 48 valence electrons. The van der Waals surface area contributed by atoms with E-state index in [4.69, 9.17) is 0 Å². The molecule has 0 heterocycles. The number of rotatable bonds is 1. The van der Waals surface area contributed by atoms with Gasteiger partial charge in [-0.3, -0.25) is 9.69 Å². The lowest BCUT2D eigenvalue weighted by molar-refractivity contribution is 0.0250. The Balaban J connectivity index is 3.64. The average Bonchev–Trinajstić information content (AvgIpc) is 1.64. The molecule has 0 aromatic carbocycles. The maximum absolute atomic E-state index is 11.3. The van der Waals surface area contributed by atoms with Crippen molar-refractivity contribution in [2.75, 3.05) is 7.05 Å². The Labute approximate surface area is 50.0 Å². The van der Waals surface area contributed by atoms with Crippen LogP contribution in [0.2, 0.25) is 0 Å². The van der Waals surface area contributed by atoms with Crippen LogP contribution < -0.4 is 0 Å². The smallest absolute Gasteiger partial charge is 0.276 e. The number of alkyl halides is 2. The molecule has 0 aromatic rings. The first-order chi connectivity index (χ1) is 3.55. The third kappa shape index (κ3) is 2.07. The summed E-state index contributed by atoms with van der Waals surface area (Å²) in [7, 11) is 0.917. The quantitative estimate of drug-likeness (QED) is 0.402. The van der Waals surface area contributed by atoms with Crippen molar-refractivity contribution < 1.29 is 13.6 Å². The van der Waals surface area contributed by atoms with E-state index < -0.39 is 11.9 Å². The second kappa shape index (κ2) is 2.81. The van der Waals surface area contributed by atoms with Gasteiger partial charge in [0.05, 0.1) is 0 Å². The van der Waals surface area contributed by atoms with Crippen LogP contribution >= 0.6 is 11.6 Å². The zero-order chi connectivity index (χ0) is 6.73. The van der Waals surface area contributed by atoms with Crippen molar-refractivity contribution in [3.8, 4) is 0 Å². The van der Waals surface area contributed by atoms with E-state index in [1.54, 1.807) is 0 Å². The van der Waals surface area contributed by atoms with Crippen LogP contribution in [-0.2, 0) is 0 Å². The van der Waals surface area contributed by atoms with Crippen molar-refractivity contribution in [2.24, 2.45) is 0 Å². The summed E-state index contributed by atoms with van der Waals surface area (Å²) in [6.07, 6.45) is 0. The second-order valence-electron chi connectivity index (χ2n) is 1.14. The molecule has 0 radical (unpaired) electrons. The minimum Gasteiger partial charge on any atom is -0.276 e. The molecular formula is C3H4ClF2NO. The van der Waals surface area contributed by atoms with Crippen LogP contribution in [0.4, 0.5) is 13.6 Å². The summed E-state index contributed by atoms with van der Waals surface area (Å²) in [5.74, 6) is 0. The fourth-order valence-electron chi connectivity index (χ4n) is 0.0767. The number of hydrogen-bond acceptors (Lipinski definition) is 1. The number of halogens is 3. The zero-order valence-electron chi connectivity index (χ0n) is 4.07. The van der Waals surface area contributed by atoms with Gasteiger partial charge in [0.15, 0.2) is 0 Å². The van der Waals surface area contributed by atoms with Gasteiger partial charge in [-0.05, 0) is 11.6 Å². The second-order valence-corrected chi connectivity index (χ2v) is 1.46. The number of carbonyl (C=O) groups excluding carboxylic acids is 1. The van der Waals surface area contributed by atoms with Gasteiger partial charge < -0.3 is 0 Å². The molecule has 0 N–H and O–H groups in total. The third-order valence-corrected chi connectivity index (χ3v) is 0.837. The molecule has 0 aromatic heterocycles. The Morgan fingerprint density at radius 1 is 1.75 bits per heavy atom. The first-order valence-electron chi connectivity index (χ1n) is 1.76. The summed E-state index contributed by atoms with van der Waals surface area (Å²) in [6, 6.07) is 0. The Morgan fingerprint density at radius 2 is 2.12 bits per heavy atom. The Bertz CT molecular complexity index is 97.3. The van der Waals surface area contributed by atoms with Gasteiger partial charge in [0.1, 0.15) is 0 Å². The average molecular weight is 144 g/mol. The molecule has 2 nitrogen and oxygen atoms in total. The van der Waals surface area contributed by atoms with E-state index in [2.05, 4.69) is 11.6 Å². The van der Waals surface area contributed by atoms with Crippen molar-refractivity contribution in [3.05, 3.63) is 0 Å². The van der Waals surface area contributed by atoms with Gasteiger partial charge in [-0.15, -0.1) is 0 Å². The standard InChI is InChI=1S/C3H4ClF2NO/c1-7(2(4)8)3(5)6/h3H,1H3. The van der Waals surface area contributed by atoms with Crippen LogP contribution in [0.15, 0.2) is 0 Å². The molecule has 0 bridgehead atoms. The first-order valence-corrected chi connectivity index (χ1v) is 2.14. The molecule has 0 aliphatic heterocycles. The zero-order valence-corrected chi connectivity index (χ0v) is 4.82. The van der Waals surface area contributed by atoms with Gasteiger partial charge in [-0.1, -0.05) is 0 Å². The summed E-state index contributed by atoms with van der Waals surface area (Å²) >= 11 is 4.63. The van der Waals surface area contributed by atoms with Gasteiger partial charge in [0.25, 0.3) is 0 Å². The molecule has 0 unspecified atom stereocenters. The number of amides is 1. The normalized spacial score (nSPS) is 9.62. The molecule has 0 aliphatic rings. The monoisotopic (exact) mass is 143 g/mol. The molecule has 1 amide bonds. The Kier molecular flexibility index (Phi) is 2.68. The summed E-state index contributed by atoms with van der Waals surface area (Å²) < 4.78 is 22.6. The van der Waals surface area contributed by atoms with Crippen molar-refractivity contribution in [1.29, 1.82) is 0 Å². The van der Waals surface area contributed by atoms with Crippen LogP contribution in [0.1, 0.15) is 0 Å². The van der Waals surface area contributed by atoms with E-state index in [1.807, 2.05) is 0 Å². The molecule has 8 heavy (non-hydrogen) atoms. The van der Waals surface area contributed by atoms with Gasteiger partial charge >= 0.3 is 11.9 Å². The lowest BCUT2D eigenvalue weighted by Crippen LogP contribution is -2.26. The first kappa shape index (κ1) is 7.62. The van der Waals surface area contributed by atoms with Crippen molar-refractivity contribution in [1.82, 2.24) is 4.90 Å². The summed E-state index contributed by atoms with van der Waals surface area (Å²) in [6.45, 7) is -2.81. The molecule has 0 saturated carbocycles. The van der Waals surface area contributed by atoms with Crippen molar-refractivity contribution in [2.45, 2.75) is 6.55 Å². The molecular weight excluding hydrogens is 139 g/mol. The van der Waals surface area contributed by atoms with Crippen LogP contribution in [0.25, 0.3) is 0 Å². The minimum absolute atomic E-state index is 0.127. The third-order valence-electron chi connectivity index (χ3n) is 0.570. The van der Waals surface area contributed by atoms with Crippen molar-refractivity contribution in [3.63, 3.8) is 0 Å². The predicted octanol–water partition coefficient (Wildman–Crippen LogP) is 1.50. The maximum atomic E-state index is 11.3. The van der Waals surface area contributed by atoms with Gasteiger partial charge in [-0.2, -0.15) is 8.78 Å². The highest BCUT2D eigenvalue weighted by Crippen LogP contribution is 2.01. The molecule has 5 heteroatoms. The van der Waals surface area contributed by atoms with Gasteiger partial charge in [-0.25, -0.2) is 0 Å². The minimum atomic E-state index is -2.81. The SMILES string of the molecule is CN(C(=O)Cl)C(F)F. The number of hydrogen-bond donors (Lipinski definition) is 0.